The molecule has 1 fully saturated rings. The molecule has 4 nitrogen and oxygen atoms in total. The van der Waals surface area contributed by atoms with E-state index in [2.05, 4.69) is 5.32 Å². The lowest BCUT2D eigenvalue weighted by atomic mass is 9.92. The number of hydrogen-bond acceptors (Lipinski definition) is 3. The molecule has 0 bridgehead atoms. The predicted octanol–water partition coefficient (Wildman–Crippen LogP) is 2.75. The number of nitrogens with one attached hydrogen (secondary N) is 1. The molecule has 2 aromatic carbocycles. The standard InChI is InChI=1S/C20H23NO3/c1-19(23,15-8-4-3-5-9-15)14-21-18(22)20(12-13-20)16-10-6-7-11-17(16)24-2/h3-11,23H,12-14H2,1-2H3,(H,21,22). The second kappa shape index (κ2) is 6.29. The van der Waals surface area contributed by atoms with Crippen molar-refractivity contribution in [1.29, 1.82) is 0 Å². The van der Waals surface area contributed by atoms with Crippen LogP contribution in [0.2, 0.25) is 0 Å². The van der Waals surface area contributed by atoms with Crippen LogP contribution in [0.15, 0.2) is 54.6 Å². The molecule has 0 aliphatic heterocycles. The van der Waals surface area contributed by atoms with E-state index >= 15 is 0 Å². The van der Waals surface area contributed by atoms with Gasteiger partial charge in [0.1, 0.15) is 11.4 Å². The molecule has 24 heavy (non-hydrogen) atoms. The van der Waals surface area contributed by atoms with Gasteiger partial charge >= 0.3 is 0 Å². The molecule has 3 rings (SSSR count). The van der Waals surface area contributed by atoms with E-state index in [1.54, 1.807) is 14.0 Å². The number of ether oxygens (including phenoxy) is 1. The maximum absolute atomic E-state index is 12.8. The van der Waals surface area contributed by atoms with Gasteiger partial charge in [-0.25, -0.2) is 0 Å². The molecule has 1 amide bonds. The molecule has 1 aliphatic carbocycles. The fraction of sp³-hybridized carbons (Fsp3) is 0.350. The van der Waals surface area contributed by atoms with Crippen molar-refractivity contribution >= 4 is 5.91 Å². The van der Waals surface area contributed by atoms with Crippen molar-refractivity contribution in [2.24, 2.45) is 0 Å². The number of para-hydroxylation sites is 1. The van der Waals surface area contributed by atoms with Crippen LogP contribution < -0.4 is 10.1 Å². The predicted molar refractivity (Wildman–Crippen MR) is 92.9 cm³/mol. The lowest BCUT2D eigenvalue weighted by Crippen LogP contribution is -2.43. The van der Waals surface area contributed by atoms with E-state index in [-0.39, 0.29) is 12.5 Å². The Bertz CT molecular complexity index is 721. The van der Waals surface area contributed by atoms with Gasteiger partial charge in [-0.05, 0) is 31.4 Å². The lowest BCUT2D eigenvalue weighted by Gasteiger charge is -2.26. The van der Waals surface area contributed by atoms with E-state index in [1.165, 1.54) is 0 Å². The highest BCUT2D eigenvalue weighted by atomic mass is 16.5. The van der Waals surface area contributed by atoms with Gasteiger partial charge in [-0.3, -0.25) is 4.79 Å². The molecular weight excluding hydrogens is 302 g/mol. The summed E-state index contributed by atoms with van der Waals surface area (Å²) in [6.07, 6.45) is 1.60. The largest absolute Gasteiger partial charge is 0.496 e. The Hall–Kier alpha value is -2.33. The lowest BCUT2D eigenvalue weighted by molar-refractivity contribution is -0.124. The Labute approximate surface area is 142 Å². The van der Waals surface area contributed by atoms with Crippen molar-refractivity contribution in [3.8, 4) is 5.75 Å². The van der Waals surface area contributed by atoms with Crippen LogP contribution in [0.25, 0.3) is 0 Å². The molecule has 0 heterocycles. The van der Waals surface area contributed by atoms with Gasteiger partial charge in [0.15, 0.2) is 0 Å². The quantitative estimate of drug-likeness (QED) is 0.858. The Morgan fingerprint density at radius 2 is 1.79 bits per heavy atom. The van der Waals surface area contributed by atoms with Gasteiger partial charge in [0.25, 0.3) is 0 Å². The Morgan fingerprint density at radius 3 is 2.42 bits per heavy atom. The number of rotatable bonds is 6. The summed E-state index contributed by atoms with van der Waals surface area (Å²) in [6.45, 7) is 1.89. The highest BCUT2D eigenvalue weighted by Gasteiger charge is 2.53. The highest BCUT2D eigenvalue weighted by Crippen LogP contribution is 2.51. The van der Waals surface area contributed by atoms with Gasteiger partial charge in [0.05, 0.1) is 19.1 Å². The van der Waals surface area contributed by atoms with Crippen molar-refractivity contribution in [2.45, 2.75) is 30.8 Å². The zero-order valence-corrected chi connectivity index (χ0v) is 14.1. The van der Waals surface area contributed by atoms with Crippen LogP contribution in [0, 0.1) is 0 Å². The smallest absolute Gasteiger partial charge is 0.230 e. The third-order valence-electron chi connectivity index (χ3n) is 4.80. The molecule has 1 atom stereocenters. The van der Waals surface area contributed by atoms with E-state index < -0.39 is 11.0 Å². The number of hydrogen-bond donors (Lipinski definition) is 2. The average Bonchev–Trinajstić information content (AvgIpc) is 3.42. The summed E-state index contributed by atoms with van der Waals surface area (Å²) in [4.78, 5) is 12.8. The van der Waals surface area contributed by atoms with Crippen LogP contribution in [0.1, 0.15) is 30.9 Å². The van der Waals surface area contributed by atoms with Gasteiger partial charge in [0, 0.05) is 5.56 Å². The zero-order chi connectivity index (χ0) is 17.2. The number of benzene rings is 2. The third-order valence-corrected chi connectivity index (χ3v) is 4.80. The summed E-state index contributed by atoms with van der Waals surface area (Å²) >= 11 is 0. The molecule has 1 saturated carbocycles. The molecule has 0 aromatic heterocycles. The summed E-state index contributed by atoms with van der Waals surface area (Å²) in [6, 6.07) is 17.0. The first-order valence-electron chi connectivity index (χ1n) is 8.19. The fourth-order valence-electron chi connectivity index (χ4n) is 3.10. The zero-order valence-electron chi connectivity index (χ0n) is 14.1. The van der Waals surface area contributed by atoms with Crippen molar-refractivity contribution < 1.29 is 14.6 Å². The SMILES string of the molecule is COc1ccccc1C1(C(=O)NCC(C)(O)c2ccccc2)CC1. The van der Waals surface area contributed by atoms with Gasteiger partial charge in [-0.2, -0.15) is 0 Å². The minimum absolute atomic E-state index is 0.0526. The van der Waals surface area contributed by atoms with E-state index in [4.69, 9.17) is 4.74 Å². The van der Waals surface area contributed by atoms with Gasteiger partial charge < -0.3 is 15.2 Å². The average molecular weight is 325 g/mol. The number of carbonyl (C=O) groups excluding carboxylic acids is 1. The van der Waals surface area contributed by atoms with Crippen LogP contribution in [-0.4, -0.2) is 24.7 Å². The molecular formula is C20H23NO3. The van der Waals surface area contributed by atoms with Crippen LogP contribution in [0.4, 0.5) is 0 Å². The maximum atomic E-state index is 12.8. The first-order chi connectivity index (χ1) is 11.5. The van der Waals surface area contributed by atoms with Crippen LogP contribution >= 0.6 is 0 Å². The summed E-state index contributed by atoms with van der Waals surface area (Å²) in [7, 11) is 1.62. The van der Waals surface area contributed by atoms with Crippen LogP contribution in [-0.2, 0) is 15.8 Å². The Balaban J connectivity index is 1.73. The number of amides is 1. The Morgan fingerprint density at radius 1 is 1.17 bits per heavy atom. The van der Waals surface area contributed by atoms with Crippen molar-refractivity contribution in [3.05, 3.63) is 65.7 Å². The van der Waals surface area contributed by atoms with Gasteiger partial charge in [0.2, 0.25) is 5.91 Å². The second-order valence-electron chi connectivity index (χ2n) is 6.60. The monoisotopic (exact) mass is 325 g/mol. The van der Waals surface area contributed by atoms with E-state index in [0.29, 0.717) is 0 Å². The summed E-state index contributed by atoms with van der Waals surface area (Å²) in [5.41, 5.74) is 0.0736. The van der Waals surface area contributed by atoms with E-state index in [9.17, 15) is 9.90 Å². The normalized spacial score (nSPS) is 17.6. The molecule has 2 N–H and O–H groups in total. The molecule has 0 saturated heterocycles. The summed E-state index contributed by atoms with van der Waals surface area (Å²) in [5.74, 6) is 0.683. The first kappa shape index (κ1) is 16.5. The molecule has 1 unspecified atom stereocenters. The molecule has 2 aromatic rings. The van der Waals surface area contributed by atoms with Crippen LogP contribution in [0.5, 0.6) is 5.75 Å². The van der Waals surface area contributed by atoms with Crippen molar-refractivity contribution in [1.82, 2.24) is 5.32 Å². The number of aliphatic hydroxyl groups is 1. The molecule has 1 aliphatic rings. The molecule has 126 valence electrons. The van der Waals surface area contributed by atoms with Gasteiger partial charge in [-0.15, -0.1) is 0 Å². The molecule has 4 heteroatoms. The molecule has 0 radical (unpaired) electrons. The van der Waals surface area contributed by atoms with Crippen molar-refractivity contribution in [3.63, 3.8) is 0 Å². The maximum Gasteiger partial charge on any atom is 0.230 e. The highest BCUT2D eigenvalue weighted by molar-refractivity contribution is 5.92. The molecule has 0 spiro atoms. The number of methoxy groups -OCH3 is 1. The summed E-state index contributed by atoms with van der Waals surface area (Å²) in [5, 5.41) is 13.6. The second-order valence-corrected chi connectivity index (χ2v) is 6.60. The summed E-state index contributed by atoms with van der Waals surface area (Å²) < 4.78 is 5.41. The van der Waals surface area contributed by atoms with Crippen LogP contribution in [0.3, 0.4) is 0 Å². The first-order valence-corrected chi connectivity index (χ1v) is 8.19. The minimum atomic E-state index is -1.10. The fourth-order valence-corrected chi connectivity index (χ4v) is 3.10. The third kappa shape index (κ3) is 3.02. The number of carbonyl (C=O) groups is 1. The Kier molecular flexibility index (Phi) is 4.33. The minimum Gasteiger partial charge on any atom is -0.496 e. The topological polar surface area (TPSA) is 58.6 Å². The van der Waals surface area contributed by atoms with E-state index in [1.807, 2.05) is 54.6 Å². The van der Waals surface area contributed by atoms with Crippen molar-refractivity contribution in [2.75, 3.05) is 13.7 Å². The van der Waals surface area contributed by atoms with Gasteiger partial charge in [-0.1, -0.05) is 48.5 Å². The van der Waals surface area contributed by atoms with E-state index in [0.717, 1.165) is 29.7 Å².